The fourth-order valence-electron chi connectivity index (χ4n) is 3.21. The van der Waals surface area contributed by atoms with Crippen LogP contribution in [0.25, 0.3) is 38.9 Å². The van der Waals surface area contributed by atoms with Gasteiger partial charge in [-0.1, -0.05) is 18.2 Å². The van der Waals surface area contributed by atoms with E-state index in [1.54, 1.807) is 36.2 Å². The molecule has 0 aliphatic heterocycles. The van der Waals surface area contributed by atoms with Crippen LogP contribution in [0.15, 0.2) is 67.1 Å². The van der Waals surface area contributed by atoms with E-state index in [1.165, 1.54) is 0 Å². The molecule has 1 aromatic carbocycles. The molecule has 4 aromatic heterocycles. The van der Waals surface area contributed by atoms with Gasteiger partial charge in [-0.05, 0) is 18.2 Å². The van der Waals surface area contributed by atoms with Crippen molar-refractivity contribution >= 4 is 22.4 Å². The Morgan fingerprint density at radius 3 is 2.61 bits per heavy atom. The average Bonchev–Trinajstić information content (AvgIpc) is 3.18. The molecule has 0 atom stereocenters. The maximum absolute atomic E-state index is 6.23. The SMILES string of the molecule is COc1ccc(-c2cc(N)n3ncc(-c4cnc5ccccc5c4)c3n2)cn1. The minimum atomic E-state index is 0.496. The summed E-state index contributed by atoms with van der Waals surface area (Å²) in [5.74, 6) is 1.04. The third-order valence-electron chi connectivity index (χ3n) is 4.64. The molecule has 0 spiro atoms. The number of fused-ring (bicyclic) bond motifs is 2. The molecule has 0 saturated heterocycles. The van der Waals surface area contributed by atoms with Crippen molar-refractivity contribution < 1.29 is 4.74 Å². The van der Waals surface area contributed by atoms with Crippen LogP contribution in [0.1, 0.15) is 0 Å². The van der Waals surface area contributed by atoms with Crippen molar-refractivity contribution in [2.75, 3.05) is 12.8 Å². The largest absolute Gasteiger partial charge is 0.481 e. The number of benzene rings is 1. The van der Waals surface area contributed by atoms with E-state index in [2.05, 4.69) is 21.1 Å². The molecule has 0 aliphatic carbocycles. The molecule has 2 N–H and O–H groups in total. The Hall–Kier alpha value is -4.00. The smallest absolute Gasteiger partial charge is 0.212 e. The highest BCUT2D eigenvalue weighted by atomic mass is 16.5. The molecule has 5 aromatic rings. The number of para-hydroxylation sites is 1. The number of hydrogen-bond donors (Lipinski definition) is 1. The molecule has 0 fully saturated rings. The summed E-state index contributed by atoms with van der Waals surface area (Å²) in [7, 11) is 1.58. The Kier molecular flexibility index (Phi) is 3.65. The van der Waals surface area contributed by atoms with Crippen molar-refractivity contribution in [1.29, 1.82) is 0 Å². The first-order valence-corrected chi connectivity index (χ1v) is 8.73. The van der Waals surface area contributed by atoms with Gasteiger partial charge in [0.1, 0.15) is 5.82 Å². The highest BCUT2D eigenvalue weighted by Gasteiger charge is 2.14. The van der Waals surface area contributed by atoms with Gasteiger partial charge in [-0.15, -0.1) is 0 Å². The van der Waals surface area contributed by atoms with E-state index in [-0.39, 0.29) is 0 Å². The van der Waals surface area contributed by atoms with Gasteiger partial charge in [0.2, 0.25) is 5.88 Å². The second-order valence-electron chi connectivity index (χ2n) is 6.37. The van der Waals surface area contributed by atoms with Gasteiger partial charge in [-0.2, -0.15) is 9.61 Å². The first kappa shape index (κ1) is 16.2. The van der Waals surface area contributed by atoms with Crippen LogP contribution in [0.3, 0.4) is 0 Å². The van der Waals surface area contributed by atoms with Gasteiger partial charge in [0.05, 0.1) is 24.5 Å². The molecule has 0 bridgehead atoms. The van der Waals surface area contributed by atoms with Crippen molar-refractivity contribution in [2.45, 2.75) is 0 Å². The summed E-state index contributed by atoms with van der Waals surface area (Å²) >= 11 is 0. The van der Waals surface area contributed by atoms with Gasteiger partial charge in [0, 0.05) is 46.6 Å². The maximum atomic E-state index is 6.23. The van der Waals surface area contributed by atoms with E-state index < -0.39 is 0 Å². The van der Waals surface area contributed by atoms with Crippen LogP contribution in [-0.2, 0) is 0 Å². The number of hydrogen-bond acceptors (Lipinski definition) is 6. The quantitative estimate of drug-likeness (QED) is 0.523. The monoisotopic (exact) mass is 368 g/mol. The lowest BCUT2D eigenvalue weighted by molar-refractivity contribution is 0.398. The van der Waals surface area contributed by atoms with Crippen LogP contribution >= 0.6 is 0 Å². The van der Waals surface area contributed by atoms with E-state index in [0.29, 0.717) is 17.3 Å². The number of pyridine rings is 2. The summed E-state index contributed by atoms with van der Waals surface area (Å²) in [4.78, 5) is 13.6. The Labute approximate surface area is 160 Å². The van der Waals surface area contributed by atoms with Crippen molar-refractivity contribution in [3.8, 4) is 28.3 Å². The number of anilines is 1. The van der Waals surface area contributed by atoms with E-state index in [4.69, 9.17) is 15.5 Å². The van der Waals surface area contributed by atoms with E-state index in [9.17, 15) is 0 Å². The number of methoxy groups -OCH3 is 1. The van der Waals surface area contributed by atoms with E-state index >= 15 is 0 Å². The van der Waals surface area contributed by atoms with Crippen LogP contribution in [0.4, 0.5) is 5.82 Å². The van der Waals surface area contributed by atoms with Gasteiger partial charge in [0.25, 0.3) is 0 Å². The number of aromatic nitrogens is 5. The van der Waals surface area contributed by atoms with Crippen molar-refractivity contribution in [3.63, 3.8) is 0 Å². The third kappa shape index (κ3) is 2.61. The van der Waals surface area contributed by atoms with Crippen LogP contribution in [0.2, 0.25) is 0 Å². The Bertz CT molecular complexity index is 1310. The number of rotatable bonds is 3. The fourth-order valence-corrected chi connectivity index (χ4v) is 3.21. The third-order valence-corrected chi connectivity index (χ3v) is 4.64. The summed E-state index contributed by atoms with van der Waals surface area (Å²) in [6, 6.07) is 15.6. The van der Waals surface area contributed by atoms with Gasteiger partial charge >= 0.3 is 0 Å². The average molecular weight is 368 g/mol. The molecule has 0 radical (unpaired) electrons. The van der Waals surface area contributed by atoms with Gasteiger partial charge in [-0.3, -0.25) is 4.98 Å². The molecule has 5 rings (SSSR count). The fraction of sp³-hybridized carbons (Fsp3) is 0.0476. The molecular formula is C21H16N6O. The highest BCUT2D eigenvalue weighted by Crippen LogP contribution is 2.29. The van der Waals surface area contributed by atoms with Crippen molar-refractivity contribution in [2.24, 2.45) is 0 Å². The van der Waals surface area contributed by atoms with Gasteiger partial charge < -0.3 is 10.5 Å². The first-order valence-electron chi connectivity index (χ1n) is 8.73. The molecule has 136 valence electrons. The summed E-state index contributed by atoms with van der Waals surface area (Å²) in [6.45, 7) is 0. The minimum absolute atomic E-state index is 0.496. The first-order chi connectivity index (χ1) is 13.7. The molecule has 0 saturated carbocycles. The molecule has 0 unspecified atom stereocenters. The van der Waals surface area contributed by atoms with Crippen LogP contribution in [-0.4, -0.2) is 31.7 Å². The van der Waals surface area contributed by atoms with Crippen LogP contribution < -0.4 is 10.5 Å². The Morgan fingerprint density at radius 2 is 1.79 bits per heavy atom. The normalized spacial score (nSPS) is 11.2. The lowest BCUT2D eigenvalue weighted by Gasteiger charge is -2.07. The lowest BCUT2D eigenvalue weighted by atomic mass is 10.1. The molecule has 7 nitrogen and oxygen atoms in total. The summed E-state index contributed by atoms with van der Waals surface area (Å²) in [5, 5.41) is 5.46. The maximum Gasteiger partial charge on any atom is 0.212 e. The topological polar surface area (TPSA) is 91.2 Å². The Balaban J connectivity index is 1.68. The zero-order chi connectivity index (χ0) is 19.1. The Morgan fingerprint density at radius 1 is 0.929 bits per heavy atom. The second-order valence-corrected chi connectivity index (χ2v) is 6.37. The van der Waals surface area contributed by atoms with Gasteiger partial charge in [0.15, 0.2) is 5.65 Å². The molecule has 4 heterocycles. The highest BCUT2D eigenvalue weighted by molar-refractivity contribution is 5.87. The summed E-state index contributed by atoms with van der Waals surface area (Å²) < 4.78 is 6.75. The molecule has 7 heteroatoms. The molecular weight excluding hydrogens is 352 g/mol. The van der Waals surface area contributed by atoms with Crippen molar-refractivity contribution in [3.05, 3.63) is 67.1 Å². The van der Waals surface area contributed by atoms with Gasteiger partial charge in [-0.25, -0.2) is 9.97 Å². The second kappa shape index (κ2) is 6.31. The lowest BCUT2D eigenvalue weighted by Crippen LogP contribution is -2.01. The molecule has 0 amide bonds. The van der Waals surface area contributed by atoms with E-state index in [1.807, 2.05) is 36.5 Å². The number of nitrogens with zero attached hydrogens (tertiary/aromatic N) is 5. The zero-order valence-corrected chi connectivity index (χ0v) is 15.1. The minimum Gasteiger partial charge on any atom is -0.481 e. The summed E-state index contributed by atoms with van der Waals surface area (Å²) in [5.41, 5.74) is 11.2. The molecule has 0 aliphatic rings. The predicted molar refractivity (Wildman–Crippen MR) is 108 cm³/mol. The van der Waals surface area contributed by atoms with Crippen LogP contribution in [0, 0.1) is 0 Å². The predicted octanol–water partition coefficient (Wildman–Crippen LogP) is 3.60. The van der Waals surface area contributed by atoms with Crippen molar-refractivity contribution in [1.82, 2.24) is 24.6 Å². The summed E-state index contributed by atoms with van der Waals surface area (Å²) in [6.07, 6.45) is 5.31. The molecule has 28 heavy (non-hydrogen) atoms. The number of ether oxygens (including phenoxy) is 1. The standard InChI is InChI=1S/C21H16N6O/c1-28-20-7-6-14(10-24-20)18-9-19(22)27-21(26-18)16(12-25-27)15-8-13-4-2-3-5-17(13)23-11-15/h2-12H,22H2,1H3. The zero-order valence-electron chi connectivity index (χ0n) is 15.1. The number of nitrogen functional groups attached to an aromatic ring is 1. The number of nitrogens with two attached hydrogens (primary N) is 1. The van der Waals surface area contributed by atoms with Crippen LogP contribution in [0.5, 0.6) is 5.88 Å². The van der Waals surface area contributed by atoms with E-state index in [0.717, 1.165) is 33.3 Å².